The maximum atomic E-state index is 12.7. The quantitative estimate of drug-likeness (QED) is 0.532. The highest BCUT2D eigenvalue weighted by Gasteiger charge is 2.23. The van der Waals surface area contributed by atoms with E-state index in [4.69, 9.17) is 9.47 Å². The molecule has 0 spiro atoms. The van der Waals surface area contributed by atoms with E-state index < -0.39 is 22.1 Å². The number of carbonyl (C=O) groups is 3. The van der Waals surface area contributed by atoms with Crippen LogP contribution in [0, 0.1) is 0 Å². The van der Waals surface area contributed by atoms with Crippen molar-refractivity contribution in [2.24, 2.45) is 0 Å². The van der Waals surface area contributed by atoms with Gasteiger partial charge in [0.1, 0.15) is 6.10 Å². The van der Waals surface area contributed by atoms with Crippen LogP contribution in [-0.4, -0.2) is 43.5 Å². The number of nitrogens with zero attached hydrogens (tertiary/aromatic N) is 1. The molecule has 2 N–H and O–H groups in total. The fraction of sp³-hybridized carbons (Fsp3) is 0.440. The number of benzene rings is 1. The molecule has 11 heteroatoms. The summed E-state index contributed by atoms with van der Waals surface area (Å²) >= 11 is 0. The molecule has 2 amide bonds. The van der Waals surface area contributed by atoms with E-state index in [1.165, 1.54) is 42.8 Å². The standard InChI is InChI=1S/C25H29N3O7S/c29-23(27-19-6-2-1-3-7-19)17-10-13-21(14-11-17)36(32,33)28-24(30)18-12-15-22(26-16-18)35-25(31)34-20-8-4-5-9-20/h10-16,19-20H,1-9H2,(H,27,29)(H,28,30). The maximum Gasteiger partial charge on any atom is 0.515 e. The van der Waals surface area contributed by atoms with Gasteiger partial charge in [-0.2, -0.15) is 0 Å². The van der Waals surface area contributed by atoms with Crippen LogP contribution in [0.15, 0.2) is 47.5 Å². The summed E-state index contributed by atoms with van der Waals surface area (Å²) in [5.74, 6) is -1.23. The Morgan fingerprint density at radius 3 is 2.08 bits per heavy atom. The maximum absolute atomic E-state index is 12.7. The van der Waals surface area contributed by atoms with E-state index in [-0.39, 0.29) is 34.4 Å². The molecule has 4 rings (SSSR count). The summed E-state index contributed by atoms with van der Waals surface area (Å²) in [7, 11) is -4.18. The van der Waals surface area contributed by atoms with Gasteiger partial charge in [0.15, 0.2) is 0 Å². The molecule has 2 saturated carbocycles. The highest BCUT2D eigenvalue weighted by atomic mass is 32.2. The molecular weight excluding hydrogens is 486 g/mol. The van der Waals surface area contributed by atoms with Crippen molar-refractivity contribution >= 4 is 28.0 Å². The molecule has 1 aromatic heterocycles. The van der Waals surface area contributed by atoms with Crippen LogP contribution in [0.1, 0.15) is 78.5 Å². The van der Waals surface area contributed by atoms with E-state index >= 15 is 0 Å². The Morgan fingerprint density at radius 1 is 0.806 bits per heavy atom. The van der Waals surface area contributed by atoms with Gasteiger partial charge in [-0.25, -0.2) is 22.9 Å². The Bertz CT molecular complexity index is 1190. The van der Waals surface area contributed by atoms with Gasteiger partial charge in [-0.3, -0.25) is 9.59 Å². The number of sulfonamides is 1. The van der Waals surface area contributed by atoms with Crippen molar-refractivity contribution in [1.82, 2.24) is 15.0 Å². The third-order valence-electron chi connectivity index (χ3n) is 6.35. The molecule has 0 atom stereocenters. The minimum Gasteiger partial charge on any atom is -0.431 e. The fourth-order valence-electron chi connectivity index (χ4n) is 4.37. The van der Waals surface area contributed by atoms with Crippen LogP contribution < -0.4 is 14.8 Å². The predicted molar refractivity (Wildman–Crippen MR) is 129 cm³/mol. The summed E-state index contributed by atoms with van der Waals surface area (Å²) in [5, 5.41) is 2.98. The number of aromatic nitrogens is 1. The van der Waals surface area contributed by atoms with Gasteiger partial charge in [0.2, 0.25) is 5.88 Å². The Kier molecular flexibility index (Phi) is 8.19. The minimum absolute atomic E-state index is 0.0430. The highest BCUT2D eigenvalue weighted by molar-refractivity contribution is 7.90. The Hall–Kier alpha value is -3.47. The lowest BCUT2D eigenvalue weighted by molar-refractivity contribution is 0.0600. The Morgan fingerprint density at radius 2 is 1.44 bits per heavy atom. The summed E-state index contributed by atoms with van der Waals surface area (Å²) in [6, 6.07) is 8.07. The Labute approximate surface area is 209 Å². The summed E-state index contributed by atoms with van der Waals surface area (Å²) < 4.78 is 37.5. The summed E-state index contributed by atoms with van der Waals surface area (Å²) in [5.41, 5.74) is 0.302. The largest absolute Gasteiger partial charge is 0.515 e. The van der Waals surface area contributed by atoms with Gasteiger partial charge in [0, 0.05) is 23.9 Å². The number of rotatable bonds is 7. The summed E-state index contributed by atoms with van der Waals surface area (Å²) in [6.07, 6.45) is 8.89. The fourth-order valence-corrected chi connectivity index (χ4v) is 5.34. The molecule has 192 valence electrons. The van der Waals surface area contributed by atoms with Gasteiger partial charge in [-0.1, -0.05) is 19.3 Å². The van der Waals surface area contributed by atoms with Gasteiger partial charge in [0.05, 0.1) is 10.5 Å². The van der Waals surface area contributed by atoms with Crippen LogP contribution in [0.2, 0.25) is 0 Å². The summed E-state index contributed by atoms with van der Waals surface area (Å²) in [6.45, 7) is 0. The van der Waals surface area contributed by atoms with E-state index in [0.717, 1.165) is 57.6 Å². The second-order valence-electron chi connectivity index (χ2n) is 9.03. The molecule has 1 aromatic carbocycles. The topological polar surface area (TPSA) is 141 Å². The second kappa shape index (κ2) is 11.5. The van der Waals surface area contributed by atoms with E-state index in [1.807, 2.05) is 4.72 Å². The van der Waals surface area contributed by atoms with Crippen molar-refractivity contribution < 1.29 is 32.3 Å². The van der Waals surface area contributed by atoms with Gasteiger partial charge in [0.25, 0.3) is 21.8 Å². The normalized spacial score (nSPS) is 16.8. The lowest BCUT2D eigenvalue weighted by Crippen LogP contribution is -2.36. The molecule has 0 bridgehead atoms. The van der Waals surface area contributed by atoms with Gasteiger partial charge < -0.3 is 14.8 Å². The number of carbonyl (C=O) groups excluding carboxylic acids is 3. The van der Waals surface area contributed by atoms with Crippen LogP contribution >= 0.6 is 0 Å². The molecule has 1 heterocycles. The van der Waals surface area contributed by atoms with Crippen molar-refractivity contribution in [1.29, 1.82) is 0 Å². The van der Waals surface area contributed by atoms with Crippen LogP contribution in [0.25, 0.3) is 0 Å². The minimum atomic E-state index is -4.18. The molecule has 0 unspecified atom stereocenters. The number of hydrogen-bond donors (Lipinski definition) is 2. The zero-order valence-corrected chi connectivity index (χ0v) is 20.6. The lowest BCUT2D eigenvalue weighted by atomic mass is 9.95. The third kappa shape index (κ3) is 6.81. The van der Waals surface area contributed by atoms with Crippen LogP contribution in [0.3, 0.4) is 0 Å². The average molecular weight is 516 g/mol. The van der Waals surface area contributed by atoms with Gasteiger partial charge in [-0.05, 0) is 68.9 Å². The molecule has 0 radical (unpaired) electrons. The molecule has 0 aliphatic heterocycles. The number of amides is 2. The molecule has 2 fully saturated rings. The van der Waals surface area contributed by atoms with Crippen LogP contribution in [-0.2, 0) is 14.8 Å². The van der Waals surface area contributed by atoms with Crippen molar-refractivity contribution in [2.45, 2.75) is 74.8 Å². The van der Waals surface area contributed by atoms with Gasteiger partial charge >= 0.3 is 6.16 Å². The smallest absolute Gasteiger partial charge is 0.431 e. The lowest BCUT2D eigenvalue weighted by Gasteiger charge is -2.22. The monoisotopic (exact) mass is 515 g/mol. The zero-order chi connectivity index (χ0) is 25.5. The Balaban J connectivity index is 1.31. The number of nitrogens with one attached hydrogen (secondary N) is 2. The zero-order valence-electron chi connectivity index (χ0n) is 19.8. The SMILES string of the molecule is O=C(Oc1ccc(C(=O)NS(=O)(=O)c2ccc(C(=O)NC3CCCCC3)cc2)cn1)OC1CCCC1. The molecular formula is C25H29N3O7S. The number of ether oxygens (including phenoxy) is 2. The van der Waals surface area contributed by atoms with E-state index in [9.17, 15) is 22.8 Å². The molecule has 36 heavy (non-hydrogen) atoms. The van der Waals surface area contributed by atoms with Gasteiger partial charge in [-0.15, -0.1) is 0 Å². The first-order chi connectivity index (χ1) is 17.3. The molecule has 2 aliphatic carbocycles. The first-order valence-electron chi connectivity index (χ1n) is 12.1. The van der Waals surface area contributed by atoms with E-state index in [2.05, 4.69) is 10.3 Å². The van der Waals surface area contributed by atoms with E-state index in [0.29, 0.717) is 5.56 Å². The van der Waals surface area contributed by atoms with Crippen LogP contribution in [0.5, 0.6) is 5.88 Å². The first-order valence-corrected chi connectivity index (χ1v) is 13.6. The van der Waals surface area contributed by atoms with Crippen molar-refractivity contribution in [3.8, 4) is 5.88 Å². The number of pyridine rings is 1. The van der Waals surface area contributed by atoms with Crippen molar-refractivity contribution in [2.75, 3.05) is 0 Å². The molecule has 10 nitrogen and oxygen atoms in total. The molecule has 2 aliphatic rings. The molecule has 2 aromatic rings. The first kappa shape index (κ1) is 25.6. The van der Waals surface area contributed by atoms with E-state index in [1.54, 1.807) is 0 Å². The van der Waals surface area contributed by atoms with Crippen molar-refractivity contribution in [3.05, 3.63) is 53.7 Å². The predicted octanol–water partition coefficient (Wildman–Crippen LogP) is 3.72. The number of hydrogen-bond acceptors (Lipinski definition) is 8. The second-order valence-corrected chi connectivity index (χ2v) is 10.7. The summed E-state index contributed by atoms with van der Waals surface area (Å²) in [4.78, 5) is 40.5. The molecule has 0 saturated heterocycles. The highest BCUT2D eigenvalue weighted by Crippen LogP contribution is 2.22. The third-order valence-corrected chi connectivity index (χ3v) is 7.69. The average Bonchev–Trinajstić information content (AvgIpc) is 3.38. The van der Waals surface area contributed by atoms with Crippen molar-refractivity contribution in [3.63, 3.8) is 0 Å². The van der Waals surface area contributed by atoms with Crippen LogP contribution in [0.4, 0.5) is 4.79 Å².